The van der Waals surface area contributed by atoms with Crippen LogP contribution in [0.2, 0.25) is 0 Å². The van der Waals surface area contributed by atoms with E-state index in [-0.39, 0.29) is 18.0 Å². The van der Waals surface area contributed by atoms with Gasteiger partial charge in [0.15, 0.2) is 0 Å². The molecule has 1 unspecified atom stereocenters. The van der Waals surface area contributed by atoms with Gasteiger partial charge in [0.05, 0.1) is 11.0 Å². The normalized spacial score (nSPS) is 18.4. The van der Waals surface area contributed by atoms with Crippen molar-refractivity contribution in [1.82, 2.24) is 15.8 Å². The second-order valence-electron chi connectivity index (χ2n) is 4.96. The molecule has 1 saturated heterocycles. The first-order valence-electron chi connectivity index (χ1n) is 7.13. The number of aryl methyl sites for hydroxylation is 1. The Morgan fingerprint density at radius 3 is 2.90 bits per heavy atom. The molecule has 2 heterocycles. The molecule has 0 aliphatic carbocycles. The lowest BCUT2D eigenvalue weighted by molar-refractivity contribution is 0.0161. The molecular formula is C14H21N3O3S. The zero-order chi connectivity index (χ0) is 15.2. The minimum atomic E-state index is -0.292. The predicted molar refractivity (Wildman–Crippen MR) is 81.3 cm³/mol. The Morgan fingerprint density at radius 1 is 1.43 bits per heavy atom. The lowest BCUT2D eigenvalue weighted by Crippen LogP contribution is -2.52. The maximum absolute atomic E-state index is 12.0. The minimum absolute atomic E-state index is 0.0881. The molecule has 0 radical (unpaired) electrons. The number of piperidine rings is 1. The molecule has 116 valence electrons. The molecular weight excluding hydrogens is 290 g/mol. The second-order valence-corrected chi connectivity index (χ2v) is 6.25. The lowest BCUT2D eigenvalue weighted by atomic mass is 10.1. The number of likely N-dealkylation sites (tertiary alicyclic amines) is 1. The topological polar surface area (TPSA) is 70.7 Å². The number of urea groups is 1. The van der Waals surface area contributed by atoms with E-state index in [2.05, 4.69) is 10.9 Å². The van der Waals surface area contributed by atoms with E-state index in [1.165, 1.54) is 11.3 Å². The van der Waals surface area contributed by atoms with Crippen molar-refractivity contribution >= 4 is 23.3 Å². The lowest BCUT2D eigenvalue weighted by Gasteiger charge is -2.32. The maximum atomic E-state index is 12.0. The second kappa shape index (κ2) is 7.42. The van der Waals surface area contributed by atoms with Gasteiger partial charge >= 0.3 is 6.03 Å². The van der Waals surface area contributed by atoms with Crippen molar-refractivity contribution in [3.63, 3.8) is 0 Å². The zero-order valence-electron chi connectivity index (χ0n) is 12.3. The fraction of sp³-hybridized carbons (Fsp3) is 0.571. The number of thiophene rings is 1. The molecule has 1 atom stereocenters. The highest BCUT2D eigenvalue weighted by molar-refractivity contribution is 7.13. The number of hydrogen-bond donors (Lipinski definition) is 2. The van der Waals surface area contributed by atoms with Gasteiger partial charge in [-0.1, -0.05) is 0 Å². The summed E-state index contributed by atoms with van der Waals surface area (Å²) in [6, 6.07) is 3.33. The molecule has 2 N–H and O–H groups in total. The van der Waals surface area contributed by atoms with Gasteiger partial charge < -0.3 is 9.64 Å². The van der Waals surface area contributed by atoms with Crippen LogP contribution < -0.4 is 10.9 Å². The number of carbonyl (C=O) groups is 2. The van der Waals surface area contributed by atoms with Gasteiger partial charge in [0.25, 0.3) is 5.91 Å². The van der Waals surface area contributed by atoms with Crippen LogP contribution in [0.4, 0.5) is 4.79 Å². The summed E-state index contributed by atoms with van der Waals surface area (Å²) in [6.07, 6.45) is 1.97. The number of hydrogen-bond acceptors (Lipinski definition) is 4. The molecule has 1 aromatic heterocycles. The summed E-state index contributed by atoms with van der Waals surface area (Å²) < 4.78 is 5.55. The number of rotatable bonds is 3. The Hall–Kier alpha value is -1.60. The van der Waals surface area contributed by atoms with Crippen LogP contribution in [-0.4, -0.2) is 42.6 Å². The van der Waals surface area contributed by atoms with Crippen LogP contribution >= 0.6 is 11.3 Å². The highest BCUT2D eigenvalue weighted by Gasteiger charge is 2.24. The predicted octanol–water partition coefficient (Wildman–Crippen LogP) is 1.91. The SMILES string of the molecule is CCOC1CCCN(C(=O)NNC(=O)c2ccc(C)s2)C1. The Kier molecular flexibility index (Phi) is 5.58. The third kappa shape index (κ3) is 4.44. The van der Waals surface area contributed by atoms with Gasteiger partial charge in [-0.25, -0.2) is 10.2 Å². The van der Waals surface area contributed by atoms with Gasteiger partial charge in [0, 0.05) is 24.6 Å². The van der Waals surface area contributed by atoms with Crippen LogP contribution in [-0.2, 0) is 4.74 Å². The fourth-order valence-electron chi connectivity index (χ4n) is 2.30. The standard InChI is InChI=1S/C14H21N3O3S/c1-3-20-11-5-4-8-17(9-11)14(19)16-15-13(18)12-7-6-10(2)21-12/h6-7,11H,3-5,8-9H2,1-2H3,(H,15,18)(H,16,19). The quantitative estimate of drug-likeness (QED) is 0.838. The molecule has 0 spiro atoms. The third-order valence-corrected chi connectivity index (χ3v) is 4.31. The number of carbonyl (C=O) groups excluding carboxylic acids is 2. The van der Waals surface area contributed by atoms with Crippen LogP contribution in [0.1, 0.15) is 34.3 Å². The van der Waals surface area contributed by atoms with Crippen LogP contribution in [0.25, 0.3) is 0 Å². The number of nitrogens with zero attached hydrogens (tertiary/aromatic N) is 1. The van der Waals surface area contributed by atoms with Crippen molar-refractivity contribution in [1.29, 1.82) is 0 Å². The van der Waals surface area contributed by atoms with Crippen LogP contribution in [0, 0.1) is 6.92 Å². The van der Waals surface area contributed by atoms with Crippen molar-refractivity contribution in [2.75, 3.05) is 19.7 Å². The smallest absolute Gasteiger partial charge is 0.336 e. The average molecular weight is 311 g/mol. The van der Waals surface area contributed by atoms with Crippen molar-refractivity contribution in [2.45, 2.75) is 32.8 Å². The number of hydrazine groups is 1. The molecule has 0 aromatic carbocycles. The van der Waals surface area contributed by atoms with E-state index in [9.17, 15) is 9.59 Å². The monoisotopic (exact) mass is 311 g/mol. The summed E-state index contributed by atoms with van der Waals surface area (Å²) >= 11 is 1.39. The van der Waals surface area contributed by atoms with E-state index in [4.69, 9.17) is 4.74 Å². The van der Waals surface area contributed by atoms with Gasteiger partial charge in [-0.05, 0) is 38.8 Å². The van der Waals surface area contributed by atoms with Crippen molar-refractivity contribution in [3.8, 4) is 0 Å². The summed E-state index contributed by atoms with van der Waals surface area (Å²) in [6.45, 7) is 5.77. The third-order valence-electron chi connectivity index (χ3n) is 3.31. The first-order valence-corrected chi connectivity index (χ1v) is 7.95. The first kappa shape index (κ1) is 15.8. The van der Waals surface area contributed by atoms with Crippen molar-refractivity contribution in [3.05, 3.63) is 21.9 Å². The van der Waals surface area contributed by atoms with Crippen LogP contribution in [0.5, 0.6) is 0 Å². The van der Waals surface area contributed by atoms with E-state index < -0.39 is 0 Å². The summed E-state index contributed by atoms with van der Waals surface area (Å²) in [4.78, 5) is 27.2. The molecule has 21 heavy (non-hydrogen) atoms. The van der Waals surface area contributed by atoms with Gasteiger partial charge in [-0.3, -0.25) is 10.2 Å². The first-order chi connectivity index (χ1) is 10.1. The molecule has 1 aliphatic heterocycles. The summed E-state index contributed by atoms with van der Waals surface area (Å²) in [5.74, 6) is -0.292. The molecule has 2 rings (SSSR count). The Bertz CT molecular complexity index is 501. The maximum Gasteiger partial charge on any atom is 0.336 e. The van der Waals surface area contributed by atoms with E-state index in [0.717, 1.165) is 17.7 Å². The van der Waals surface area contributed by atoms with Crippen molar-refractivity contribution < 1.29 is 14.3 Å². The molecule has 1 fully saturated rings. The molecule has 0 bridgehead atoms. The van der Waals surface area contributed by atoms with Gasteiger partial charge in [0.2, 0.25) is 0 Å². The van der Waals surface area contributed by atoms with Crippen LogP contribution in [0.3, 0.4) is 0 Å². The molecule has 7 heteroatoms. The largest absolute Gasteiger partial charge is 0.377 e. The molecule has 0 saturated carbocycles. The Morgan fingerprint density at radius 2 is 2.24 bits per heavy atom. The van der Waals surface area contributed by atoms with E-state index >= 15 is 0 Å². The summed E-state index contributed by atoms with van der Waals surface area (Å²) in [5.41, 5.74) is 4.91. The van der Waals surface area contributed by atoms with Crippen LogP contribution in [0.15, 0.2) is 12.1 Å². The molecule has 6 nitrogen and oxygen atoms in total. The van der Waals surface area contributed by atoms with E-state index in [1.54, 1.807) is 11.0 Å². The summed E-state index contributed by atoms with van der Waals surface area (Å²) in [5, 5.41) is 0. The number of amides is 3. The summed E-state index contributed by atoms with van der Waals surface area (Å²) in [7, 11) is 0. The molecule has 3 amide bonds. The minimum Gasteiger partial charge on any atom is -0.377 e. The molecule has 1 aliphatic rings. The van der Waals surface area contributed by atoms with Gasteiger partial charge in [-0.2, -0.15) is 0 Å². The van der Waals surface area contributed by atoms with Crippen molar-refractivity contribution in [2.24, 2.45) is 0 Å². The van der Waals surface area contributed by atoms with Gasteiger partial charge in [-0.15, -0.1) is 11.3 Å². The van der Waals surface area contributed by atoms with E-state index in [0.29, 0.717) is 24.6 Å². The zero-order valence-corrected chi connectivity index (χ0v) is 13.2. The average Bonchev–Trinajstić information content (AvgIpc) is 2.92. The Labute approximate surface area is 128 Å². The number of nitrogens with one attached hydrogen (secondary N) is 2. The van der Waals surface area contributed by atoms with Gasteiger partial charge in [0.1, 0.15) is 0 Å². The number of ether oxygens (including phenoxy) is 1. The van der Waals surface area contributed by atoms with E-state index in [1.807, 2.05) is 19.9 Å². The fourth-order valence-corrected chi connectivity index (χ4v) is 3.06. The Balaban J connectivity index is 1.80. The molecule has 1 aromatic rings. The highest BCUT2D eigenvalue weighted by Crippen LogP contribution is 2.15. The highest BCUT2D eigenvalue weighted by atomic mass is 32.1.